The summed E-state index contributed by atoms with van der Waals surface area (Å²) >= 11 is 0. The van der Waals surface area contributed by atoms with Crippen LogP contribution in [0.2, 0.25) is 0 Å². The highest BCUT2D eigenvalue weighted by Crippen LogP contribution is 2.28. The van der Waals surface area contributed by atoms with Crippen molar-refractivity contribution in [3.63, 3.8) is 0 Å². The summed E-state index contributed by atoms with van der Waals surface area (Å²) in [4.78, 5) is 4.32. The molecule has 5 nitrogen and oxygen atoms in total. The third-order valence-electron chi connectivity index (χ3n) is 3.31. The highest BCUT2D eigenvalue weighted by Gasteiger charge is 2.26. The highest BCUT2D eigenvalue weighted by molar-refractivity contribution is 5.81. The topological polar surface area (TPSA) is 78.1 Å². The molecule has 2 heterocycles. The first kappa shape index (κ1) is 11.9. The number of nitrogens with two attached hydrogens (primary N) is 1. The van der Waals surface area contributed by atoms with E-state index in [0.717, 1.165) is 17.4 Å². The molecule has 0 spiro atoms. The van der Waals surface area contributed by atoms with E-state index < -0.39 is 5.54 Å². The number of aromatic nitrogens is 2. The zero-order valence-corrected chi connectivity index (χ0v) is 10.9. The smallest absolute Gasteiger partial charge is 0.293 e. The Morgan fingerprint density at radius 1 is 1.32 bits per heavy atom. The number of fused-ring (bicyclic) bond motifs is 1. The van der Waals surface area contributed by atoms with Crippen LogP contribution in [-0.2, 0) is 5.54 Å². The van der Waals surface area contributed by atoms with Crippen LogP contribution in [0.25, 0.3) is 22.6 Å². The van der Waals surface area contributed by atoms with Gasteiger partial charge in [0.15, 0.2) is 11.6 Å². The van der Waals surface area contributed by atoms with Crippen molar-refractivity contribution in [1.29, 1.82) is 0 Å². The van der Waals surface area contributed by atoms with Gasteiger partial charge in [0.25, 0.3) is 5.89 Å². The standard InChI is InChI=1S/C14H15N3O2/c1-3-14(2,15)13-16-12(19-17-13)11-8-9-6-4-5-7-10(9)18-11/h4-8H,3,15H2,1-2H3. The van der Waals surface area contributed by atoms with Gasteiger partial charge in [0, 0.05) is 5.39 Å². The molecule has 2 N–H and O–H groups in total. The van der Waals surface area contributed by atoms with Crippen LogP contribution in [0.3, 0.4) is 0 Å². The largest absolute Gasteiger partial charge is 0.451 e. The van der Waals surface area contributed by atoms with Gasteiger partial charge < -0.3 is 14.7 Å². The molecule has 0 aliphatic carbocycles. The van der Waals surface area contributed by atoms with Crippen LogP contribution in [0.5, 0.6) is 0 Å². The van der Waals surface area contributed by atoms with Crippen LogP contribution in [0.1, 0.15) is 26.1 Å². The Balaban J connectivity index is 2.03. The number of rotatable bonds is 3. The molecule has 98 valence electrons. The van der Waals surface area contributed by atoms with Gasteiger partial charge in [-0.2, -0.15) is 4.98 Å². The predicted octanol–water partition coefficient (Wildman–Crippen LogP) is 3.07. The second-order valence-electron chi connectivity index (χ2n) is 4.84. The number of furan rings is 1. The van der Waals surface area contributed by atoms with Crippen LogP contribution in [0.15, 0.2) is 39.3 Å². The van der Waals surface area contributed by atoms with Crippen molar-refractivity contribution in [1.82, 2.24) is 10.1 Å². The van der Waals surface area contributed by atoms with Crippen molar-refractivity contribution >= 4 is 11.0 Å². The molecule has 0 amide bonds. The maximum absolute atomic E-state index is 6.09. The van der Waals surface area contributed by atoms with Crippen molar-refractivity contribution in [3.8, 4) is 11.7 Å². The molecule has 3 rings (SSSR count). The lowest BCUT2D eigenvalue weighted by molar-refractivity contribution is 0.374. The van der Waals surface area contributed by atoms with Gasteiger partial charge in [-0.25, -0.2) is 0 Å². The molecular formula is C14H15N3O2. The average Bonchev–Trinajstić information content (AvgIpc) is 3.05. The van der Waals surface area contributed by atoms with Crippen LogP contribution in [-0.4, -0.2) is 10.1 Å². The van der Waals surface area contributed by atoms with Crippen molar-refractivity contribution in [2.45, 2.75) is 25.8 Å². The zero-order valence-electron chi connectivity index (χ0n) is 10.9. The van der Waals surface area contributed by atoms with E-state index in [1.54, 1.807) is 0 Å². The Hall–Kier alpha value is -2.14. The van der Waals surface area contributed by atoms with Gasteiger partial charge in [0.2, 0.25) is 0 Å². The van der Waals surface area contributed by atoms with Crippen LogP contribution in [0.4, 0.5) is 0 Å². The number of benzene rings is 1. The van der Waals surface area contributed by atoms with E-state index in [1.165, 1.54) is 0 Å². The summed E-state index contributed by atoms with van der Waals surface area (Å²) < 4.78 is 10.9. The molecule has 0 aliphatic heterocycles. The summed E-state index contributed by atoms with van der Waals surface area (Å²) in [5.74, 6) is 1.41. The van der Waals surface area contributed by atoms with Gasteiger partial charge in [-0.05, 0) is 25.5 Å². The molecular weight excluding hydrogens is 242 g/mol. The lowest BCUT2D eigenvalue weighted by Gasteiger charge is -2.16. The average molecular weight is 257 g/mol. The molecule has 2 aromatic heterocycles. The third-order valence-corrected chi connectivity index (χ3v) is 3.31. The predicted molar refractivity (Wildman–Crippen MR) is 71.3 cm³/mol. The molecule has 0 fully saturated rings. The molecule has 19 heavy (non-hydrogen) atoms. The number of para-hydroxylation sites is 1. The van der Waals surface area contributed by atoms with E-state index in [2.05, 4.69) is 10.1 Å². The number of hydrogen-bond donors (Lipinski definition) is 1. The second kappa shape index (κ2) is 4.20. The molecule has 3 aromatic rings. The maximum Gasteiger partial charge on any atom is 0.293 e. The minimum atomic E-state index is -0.590. The summed E-state index contributed by atoms with van der Waals surface area (Å²) in [6.07, 6.45) is 0.728. The molecule has 0 saturated carbocycles. The van der Waals surface area contributed by atoms with Gasteiger partial charge >= 0.3 is 0 Å². The Morgan fingerprint density at radius 2 is 2.11 bits per heavy atom. The first-order chi connectivity index (χ1) is 9.10. The molecule has 1 atom stereocenters. The zero-order chi connectivity index (χ0) is 13.5. The number of hydrogen-bond acceptors (Lipinski definition) is 5. The Labute approximate surface area is 110 Å². The minimum Gasteiger partial charge on any atom is -0.451 e. The van der Waals surface area contributed by atoms with Crippen molar-refractivity contribution in [2.75, 3.05) is 0 Å². The molecule has 1 aromatic carbocycles. The van der Waals surface area contributed by atoms with E-state index in [0.29, 0.717) is 17.5 Å². The van der Waals surface area contributed by atoms with Crippen molar-refractivity contribution in [2.24, 2.45) is 5.73 Å². The first-order valence-corrected chi connectivity index (χ1v) is 6.22. The quantitative estimate of drug-likeness (QED) is 0.780. The fraction of sp³-hybridized carbons (Fsp3) is 0.286. The molecule has 1 unspecified atom stereocenters. The van der Waals surface area contributed by atoms with E-state index in [9.17, 15) is 0 Å². The van der Waals surface area contributed by atoms with Gasteiger partial charge in [0.1, 0.15) is 5.58 Å². The summed E-state index contributed by atoms with van der Waals surface area (Å²) in [7, 11) is 0. The third kappa shape index (κ3) is 2.02. The van der Waals surface area contributed by atoms with Crippen LogP contribution < -0.4 is 5.73 Å². The highest BCUT2D eigenvalue weighted by atomic mass is 16.5. The van der Waals surface area contributed by atoms with Crippen molar-refractivity contribution < 1.29 is 8.94 Å². The second-order valence-corrected chi connectivity index (χ2v) is 4.84. The molecule has 0 bridgehead atoms. The molecule has 0 radical (unpaired) electrons. The summed E-state index contributed by atoms with van der Waals surface area (Å²) in [5.41, 5.74) is 6.29. The van der Waals surface area contributed by atoms with Crippen LogP contribution in [0, 0.1) is 0 Å². The first-order valence-electron chi connectivity index (χ1n) is 6.22. The Bertz CT molecular complexity index is 679. The molecule has 0 saturated heterocycles. The van der Waals surface area contributed by atoms with Crippen LogP contribution >= 0.6 is 0 Å². The van der Waals surface area contributed by atoms with Crippen molar-refractivity contribution in [3.05, 3.63) is 36.2 Å². The minimum absolute atomic E-state index is 0.358. The summed E-state index contributed by atoms with van der Waals surface area (Å²) in [6.45, 7) is 3.86. The van der Waals surface area contributed by atoms with Gasteiger partial charge in [0.05, 0.1) is 5.54 Å². The fourth-order valence-electron chi connectivity index (χ4n) is 1.80. The van der Waals surface area contributed by atoms with Gasteiger partial charge in [-0.3, -0.25) is 0 Å². The monoisotopic (exact) mass is 257 g/mol. The SMILES string of the molecule is CCC(C)(N)c1noc(-c2cc3ccccc3o2)n1. The summed E-state index contributed by atoms with van der Waals surface area (Å²) in [6, 6.07) is 9.62. The fourth-order valence-corrected chi connectivity index (χ4v) is 1.80. The van der Waals surface area contributed by atoms with Gasteiger partial charge in [-0.1, -0.05) is 30.3 Å². The maximum atomic E-state index is 6.09. The Morgan fingerprint density at radius 3 is 2.84 bits per heavy atom. The molecule has 5 heteroatoms. The summed E-state index contributed by atoms with van der Waals surface area (Å²) in [5, 5.41) is 4.94. The van der Waals surface area contributed by atoms with E-state index in [4.69, 9.17) is 14.7 Å². The lowest BCUT2D eigenvalue weighted by Crippen LogP contribution is -2.33. The Kier molecular flexibility index (Phi) is 2.64. The molecule has 0 aliphatic rings. The van der Waals surface area contributed by atoms with E-state index in [1.807, 2.05) is 44.2 Å². The normalized spacial score (nSPS) is 14.7. The van der Waals surface area contributed by atoms with E-state index in [-0.39, 0.29) is 0 Å². The van der Waals surface area contributed by atoms with E-state index >= 15 is 0 Å². The van der Waals surface area contributed by atoms with Gasteiger partial charge in [-0.15, -0.1) is 0 Å². The lowest BCUT2D eigenvalue weighted by atomic mass is 10.0. The number of nitrogens with zero attached hydrogens (tertiary/aromatic N) is 2.